The van der Waals surface area contributed by atoms with Crippen LogP contribution in [-0.2, 0) is 4.79 Å². The highest BCUT2D eigenvalue weighted by molar-refractivity contribution is 5.92. The van der Waals surface area contributed by atoms with E-state index in [1.165, 1.54) is 0 Å². The zero-order valence-electron chi connectivity index (χ0n) is 16.0. The summed E-state index contributed by atoms with van der Waals surface area (Å²) in [6.45, 7) is 0.953. The summed E-state index contributed by atoms with van der Waals surface area (Å²) in [5, 5.41) is 0. The number of benzene rings is 2. The standard InChI is InChI=1S/C22H23NO5/c1-25-16-7-9-19(26-2)17(13-16)18-4-3-11-23(18)22(24)10-6-15-5-8-20-21(12-15)28-14-27-20/h5-10,12-13,18H,3-4,11,14H2,1-2H3/b10-6+. The van der Waals surface area contributed by atoms with Gasteiger partial charge < -0.3 is 23.8 Å². The lowest BCUT2D eigenvalue weighted by Gasteiger charge is -2.25. The molecule has 0 saturated carbocycles. The number of hydrogen-bond donors (Lipinski definition) is 0. The number of hydrogen-bond acceptors (Lipinski definition) is 5. The van der Waals surface area contributed by atoms with E-state index in [2.05, 4.69) is 0 Å². The van der Waals surface area contributed by atoms with Gasteiger partial charge in [-0.1, -0.05) is 6.07 Å². The summed E-state index contributed by atoms with van der Waals surface area (Å²) in [5.41, 5.74) is 1.87. The molecule has 1 saturated heterocycles. The number of carbonyl (C=O) groups is 1. The Kier molecular flexibility index (Phi) is 5.10. The number of likely N-dealkylation sites (tertiary alicyclic amines) is 1. The van der Waals surface area contributed by atoms with E-state index in [0.717, 1.165) is 47.8 Å². The van der Waals surface area contributed by atoms with Crippen molar-refractivity contribution in [2.45, 2.75) is 18.9 Å². The van der Waals surface area contributed by atoms with Gasteiger partial charge in [0.2, 0.25) is 12.7 Å². The smallest absolute Gasteiger partial charge is 0.247 e. The maximum Gasteiger partial charge on any atom is 0.247 e. The van der Waals surface area contributed by atoms with Crippen LogP contribution in [-0.4, -0.2) is 38.4 Å². The van der Waals surface area contributed by atoms with E-state index >= 15 is 0 Å². The predicted molar refractivity (Wildman–Crippen MR) is 105 cm³/mol. The van der Waals surface area contributed by atoms with E-state index in [1.54, 1.807) is 20.3 Å². The van der Waals surface area contributed by atoms with Crippen LogP contribution >= 0.6 is 0 Å². The second-order valence-electron chi connectivity index (χ2n) is 6.74. The fraction of sp³-hybridized carbons (Fsp3) is 0.318. The molecule has 1 fully saturated rings. The van der Waals surface area contributed by atoms with Crippen molar-refractivity contribution in [3.8, 4) is 23.0 Å². The van der Waals surface area contributed by atoms with Gasteiger partial charge in [-0.2, -0.15) is 0 Å². The van der Waals surface area contributed by atoms with Crippen molar-refractivity contribution in [2.75, 3.05) is 27.6 Å². The molecule has 6 heteroatoms. The van der Waals surface area contributed by atoms with Gasteiger partial charge in [-0.25, -0.2) is 0 Å². The molecule has 2 aliphatic heterocycles. The van der Waals surface area contributed by atoms with Crippen molar-refractivity contribution in [1.82, 2.24) is 4.90 Å². The summed E-state index contributed by atoms with van der Waals surface area (Å²) in [5.74, 6) is 2.93. The SMILES string of the molecule is COc1ccc(OC)c(C2CCCN2C(=O)/C=C/c2ccc3c(c2)OCO3)c1. The fourth-order valence-corrected chi connectivity index (χ4v) is 3.73. The molecule has 0 radical (unpaired) electrons. The molecular weight excluding hydrogens is 358 g/mol. The van der Waals surface area contributed by atoms with E-state index in [-0.39, 0.29) is 18.7 Å². The quantitative estimate of drug-likeness (QED) is 0.737. The number of rotatable bonds is 5. The first-order valence-electron chi connectivity index (χ1n) is 9.30. The zero-order valence-corrected chi connectivity index (χ0v) is 16.0. The molecule has 0 bridgehead atoms. The van der Waals surface area contributed by atoms with Crippen LogP contribution in [0, 0.1) is 0 Å². The number of methoxy groups -OCH3 is 2. The van der Waals surface area contributed by atoms with E-state index in [4.69, 9.17) is 18.9 Å². The van der Waals surface area contributed by atoms with Crippen LogP contribution < -0.4 is 18.9 Å². The van der Waals surface area contributed by atoms with Crippen molar-refractivity contribution in [2.24, 2.45) is 0 Å². The van der Waals surface area contributed by atoms with Crippen LogP contribution in [0.2, 0.25) is 0 Å². The molecule has 6 nitrogen and oxygen atoms in total. The number of carbonyl (C=O) groups excluding carboxylic acids is 1. The topological polar surface area (TPSA) is 57.2 Å². The van der Waals surface area contributed by atoms with E-state index in [9.17, 15) is 4.79 Å². The molecular formula is C22H23NO5. The average molecular weight is 381 g/mol. The van der Waals surface area contributed by atoms with Crippen LogP contribution in [0.1, 0.15) is 30.0 Å². The first kappa shape index (κ1) is 18.2. The Morgan fingerprint density at radius 3 is 2.79 bits per heavy atom. The van der Waals surface area contributed by atoms with E-state index in [0.29, 0.717) is 5.75 Å². The van der Waals surface area contributed by atoms with Gasteiger partial charge in [0.15, 0.2) is 11.5 Å². The first-order valence-corrected chi connectivity index (χ1v) is 9.30. The molecule has 4 rings (SSSR count). The maximum absolute atomic E-state index is 12.9. The van der Waals surface area contributed by atoms with Gasteiger partial charge in [-0.3, -0.25) is 4.79 Å². The van der Waals surface area contributed by atoms with Crippen molar-refractivity contribution in [3.63, 3.8) is 0 Å². The molecule has 1 amide bonds. The molecule has 0 N–H and O–H groups in total. The third-order valence-corrected chi connectivity index (χ3v) is 5.15. The largest absolute Gasteiger partial charge is 0.497 e. The van der Waals surface area contributed by atoms with Crippen molar-refractivity contribution in [1.29, 1.82) is 0 Å². The van der Waals surface area contributed by atoms with Gasteiger partial charge in [0.25, 0.3) is 0 Å². The van der Waals surface area contributed by atoms with Gasteiger partial charge in [0.1, 0.15) is 11.5 Å². The molecule has 146 valence electrons. The number of amides is 1. The average Bonchev–Trinajstić information content (AvgIpc) is 3.40. The molecule has 0 aromatic heterocycles. The van der Waals surface area contributed by atoms with Crippen molar-refractivity contribution >= 4 is 12.0 Å². The summed E-state index contributed by atoms with van der Waals surface area (Å²) in [6, 6.07) is 11.3. The highest BCUT2D eigenvalue weighted by Gasteiger charge is 2.31. The zero-order chi connectivity index (χ0) is 19.5. The Bertz CT molecular complexity index is 908. The van der Waals surface area contributed by atoms with Crippen molar-refractivity contribution in [3.05, 3.63) is 53.6 Å². The molecule has 1 unspecified atom stereocenters. The minimum atomic E-state index is -0.0287. The van der Waals surface area contributed by atoms with Gasteiger partial charge in [0.05, 0.1) is 20.3 Å². The number of fused-ring (bicyclic) bond motifs is 1. The summed E-state index contributed by atoms with van der Waals surface area (Å²) in [4.78, 5) is 14.8. The van der Waals surface area contributed by atoms with Gasteiger partial charge in [0, 0.05) is 18.2 Å². The summed E-state index contributed by atoms with van der Waals surface area (Å²) >= 11 is 0. The van der Waals surface area contributed by atoms with Crippen LogP contribution in [0.25, 0.3) is 6.08 Å². The second-order valence-corrected chi connectivity index (χ2v) is 6.74. The predicted octanol–water partition coefficient (Wildman–Crippen LogP) is 3.81. The molecule has 2 aromatic rings. The maximum atomic E-state index is 12.9. The summed E-state index contributed by atoms with van der Waals surface area (Å²) in [7, 11) is 3.28. The minimum absolute atomic E-state index is 0.0231. The Morgan fingerprint density at radius 1 is 1.11 bits per heavy atom. The molecule has 0 aliphatic carbocycles. The third-order valence-electron chi connectivity index (χ3n) is 5.15. The van der Waals surface area contributed by atoms with Gasteiger partial charge >= 0.3 is 0 Å². The Labute approximate surface area is 164 Å². The first-order chi connectivity index (χ1) is 13.7. The fourth-order valence-electron chi connectivity index (χ4n) is 3.73. The van der Waals surface area contributed by atoms with Crippen LogP contribution in [0.4, 0.5) is 0 Å². The molecule has 28 heavy (non-hydrogen) atoms. The van der Waals surface area contributed by atoms with Crippen LogP contribution in [0.5, 0.6) is 23.0 Å². The Balaban J connectivity index is 1.54. The minimum Gasteiger partial charge on any atom is -0.497 e. The van der Waals surface area contributed by atoms with Gasteiger partial charge in [-0.15, -0.1) is 0 Å². The lowest BCUT2D eigenvalue weighted by molar-refractivity contribution is -0.126. The Morgan fingerprint density at radius 2 is 1.96 bits per heavy atom. The van der Waals surface area contributed by atoms with E-state index < -0.39 is 0 Å². The number of nitrogens with zero attached hydrogens (tertiary/aromatic N) is 1. The van der Waals surface area contributed by atoms with Crippen molar-refractivity contribution < 1.29 is 23.7 Å². The second kappa shape index (κ2) is 7.84. The number of ether oxygens (including phenoxy) is 4. The summed E-state index contributed by atoms with van der Waals surface area (Å²) in [6.07, 6.45) is 5.27. The third kappa shape index (κ3) is 3.50. The lowest BCUT2D eigenvalue weighted by atomic mass is 10.0. The Hall–Kier alpha value is -3.15. The summed E-state index contributed by atoms with van der Waals surface area (Å²) < 4.78 is 21.6. The molecule has 2 aliphatic rings. The van der Waals surface area contributed by atoms with E-state index in [1.807, 2.05) is 47.4 Å². The highest BCUT2D eigenvalue weighted by atomic mass is 16.7. The lowest BCUT2D eigenvalue weighted by Crippen LogP contribution is -2.29. The molecule has 2 heterocycles. The molecule has 1 atom stereocenters. The molecule has 0 spiro atoms. The highest BCUT2D eigenvalue weighted by Crippen LogP contribution is 2.39. The van der Waals surface area contributed by atoms with Gasteiger partial charge in [-0.05, 0) is 54.8 Å². The monoisotopic (exact) mass is 381 g/mol. The van der Waals surface area contributed by atoms with Crippen LogP contribution in [0.3, 0.4) is 0 Å². The van der Waals surface area contributed by atoms with Crippen LogP contribution in [0.15, 0.2) is 42.5 Å². The molecule has 2 aromatic carbocycles. The normalized spacial score (nSPS) is 17.9.